The van der Waals surface area contributed by atoms with Crippen LogP contribution in [0.1, 0.15) is 10.4 Å². The molecular weight excluding hydrogens is 320 g/mol. The van der Waals surface area contributed by atoms with E-state index in [1.54, 1.807) is 36.4 Å². The number of rotatable bonds is 2. The Bertz CT molecular complexity index is 1110. The molecule has 1 N–H and O–H groups in total. The van der Waals surface area contributed by atoms with Crippen molar-refractivity contribution >= 4 is 16.9 Å². The molecule has 0 saturated carbocycles. The first-order chi connectivity index (χ1) is 12.1. The zero-order valence-corrected chi connectivity index (χ0v) is 12.9. The minimum Gasteiger partial charge on any atom is -0.508 e. The predicted molar refractivity (Wildman–Crippen MR) is 92.2 cm³/mol. The molecule has 1 heterocycles. The summed E-state index contributed by atoms with van der Waals surface area (Å²) in [6.45, 7) is 0. The molecule has 2 aromatic carbocycles. The fourth-order valence-electron chi connectivity index (χ4n) is 2.66. The second kappa shape index (κ2) is 5.79. The number of ether oxygens (including phenoxy) is 1. The van der Waals surface area contributed by atoms with Gasteiger partial charge < -0.3 is 14.3 Å². The van der Waals surface area contributed by atoms with Crippen LogP contribution in [0.25, 0.3) is 22.3 Å². The third-order valence-corrected chi connectivity index (χ3v) is 3.83. The Kier molecular flexibility index (Phi) is 3.47. The molecule has 0 atom stereocenters. The zero-order chi connectivity index (χ0) is 17.4. The molecule has 5 heteroatoms. The lowest BCUT2D eigenvalue weighted by Gasteiger charge is -2.14. The van der Waals surface area contributed by atoms with E-state index >= 15 is 0 Å². The number of carbonyl (C=O) groups excluding carboxylic acids is 1. The number of aromatic hydroxyl groups is 1. The maximum Gasteiger partial charge on any atom is 0.343 e. The van der Waals surface area contributed by atoms with Crippen molar-refractivity contribution in [2.45, 2.75) is 0 Å². The number of esters is 1. The molecule has 0 saturated heterocycles. The van der Waals surface area contributed by atoms with Crippen molar-refractivity contribution in [1.29, 1.82) is 0 Å². The second-order valence-electron chi connectivity index (χ2n) is 5.53. The molecule has 0 amide bonds. The van der Waals surface area contributed by atoms with E-state index in [4.69, 9.17) is 9.15 Å². The lowest BCUT2D eigenvalue weighted by Crippen LogP contribution is -2.10. The van der Waals surface area contributed by atoms with Crippen molar-refractivity contribution in [2.24, 2.45) is 0 Å². The third-order valence-electron chi connectivity index (χ3n) is 3.83. The van der Waals surface area contributed by atoms with Gasteiger partial charge in [0.05, 0.1) is 16.5 Å². The lowest BCUT2D eigenvalue weighted by molar-refractivity contribution is 0.0737. The molecule has 0 radical (unpaired) electrons. The summed E-state index contributed by atoms with van der Waals surface area (Å²) in [5.41, 5.74) is 0.996. The molecule has 2 aliphatic rings. The summed E-state index contributed by atoms with van der Waals surface area (Å²) in [4.78, 5) is 24.1. The average molecular weight is 332 g/mol. The number of fused-ring (bicyclic) bond motifs is 2. The molecule has 1 aliphatic heterocycles. The molecule has 0 spiro atoms. The Morgan fingerprint density at radius 1 is 0.960 bits per heavy atom. The molecule has 122 valence electrons. The largest absolute Gasteiger partial charge is 0.508 e. The highest BCUT2D eigenvalue weighted by atomic mass is 16.5. The van der Waals surface area contributed by atoms with E-state index in [-0.39, 0.29) is 22.7 Å². The molecule has 25 heavy (non-hydrogen) atoms. The molecule has 0 fully saturated rings. The summed E-state index contributed by atoms with van der Waals surface area (Å²) >= 11 is 0. The van der Waals surface area contributed by atoms with Crippen LogP contribution >= 0.6 is 0 Å². The van der Waals surface area contributed by atoms with Gasteiger partial charge in [-0.3, -0.25) is 4.79 Å². The van der Waals surface area contributed by atoms with Gasteiger partial charge in [-0.05, 0) is 36.4 Å². The quantitative estimate of drug-likeness (QED) is 0.446. The Balaban J connectivity index is 1.94. The summed E-state index contributed by atoms with van der Waals surface area (Å²) in [6, 6.07) is 17.3. The van der Waals surface area contributed by atoms with E-state index in [0.29, 0.717) is 22.1 Å². The molecule has 0 unspecified atom stereocenters. The van der Waals surface area contributed by atoms with E-state index in [0.717, 1.165) is 0 Å². The Morgan fingerprint density at radius 2 is 1.76 bits per heavy atom. The van der Waals surface area contributed by atoms with E-state index in [9.17, 15) is 14.7 Å². The van der Waals surface area contributed by atoms with Crippen LogP contribution in [0.5, 0.6) is 11.5 Å². The van der Waals surface area contributed by atoms with Crippen LogP contribution in [0.4, 0.5) is 0 Å². The first kappa shape index (κ1) is 15.0. The molecule has 0 aromatic heterocycles. The summed E-state index contributed by atoms with van der Waals surface area (Å²) in [7, 11) is 0. The van der Waals surface area contributed by atoms with Crippen molar-refractivity contribution in [2.75, 3.05) is 0 Å². The number of hydrogen-bond acceptors (Lipinski definition) is 5. The minimum atomic E-state index is -0.520. The van der Waals surface area contributed by atoms with Crippen LogP contribution < -0.4 is 10.2 Å². The van der Waals surface area contributed by atoms with Gasteiger partial charge in [0.25, 0.3) is 0 Å². The smallest absolute Gasteiger partial charge is 0.343 e. The van der Waals surface area contributed by atoms with Gasteiger partial charge in [-0.1, -0.05) is 18.2 Å². The number of hydrogen-bond donors (Lipinski definition) is 1. The highest BCUT2D eigenvalue weighted by Gasteiger charge is 2.20. The number of phenols is 1. The van der Waals surface area contributed by atoms with Gasteiger partial charge >= 0.3 is 5.97 Å². The zero-order valence-electron chi connectivity index (χ0n) is 12.9. The standard InChI is InChI=1S/C20H12O5/c21-13-6-8-15-17(10-13)24-18-11-14(22)7-9-16(18)19(15)25-20(23)12-4-2-1-3-5-12/h1-11,21H. The summed E-state index contributed by atoms with van der Waals surface area (Å²) in [6.07, 6.45) is 0. The maximum atomic E-state index is 12.5. The number of benzene rings is 3. The molecule has 1 aliphatic carbocycles. The van der Waals surface area contributed by atoms with Gasteiger partial charge in [0.1, 0.15) is 17.1 Å². The number of phenolic OH excluding ortho intramolecular Hbond substituents is 1. The van der Waals surface area contributed by atoms with Crippen molar-refractivity contribution in [3.8, 4) is 22.8 Å². The molecule has 5 nitrogen and oxygen atoms in total. The van der Waals surface area contributed by atoms with Crippen LogP contribution in [0.2, 0.25) is 0 Å². The molecular formula is C20H12O5. The summed E-state index contributed by atoms with van der Waals surface area (Å²) < 4.78 is 11.3. The fraction of sp³-hybridized carbons (Fsp3) is 0. The molecule has 0 bridgehead atoms. The number of carbonyl (C=O) groups is 1. The second-order valence-corrected chi connectivity index (χ2v) is 5.53. The van der Waals surface area contributed by atoms with Crippen molar-refractivity contribution in [3.05, 3.63) is 82.5 Å². The van der Waals surface area contributed by atoms with Crippen LogP contribution in [0, 0.1) is 0 Å². The SMILES string of the molecule is O=C(Oc1c2ccc(=O)cc-2oc2cc(O)ccc12)c1ccccc1. The topological polar surface area (TPSA) is 76.7 Å². The van der Waals surface area contributed by atoms with Gasteiger partial charge in [0.15, 0.2) is 11.2 Å². The van der Waals surface area contributed by atoms with Gasteiger partial charge in [0.2, 0.25) is 0 Å². The van der Waals surface area contributed by atoms with Gasteiger partial charge in [-0.25, -0.2) is 4.79 Å². The van der Waals surface area contributed by atoms with Crippen molar-refractivity contribution in [3.63, 3.8) is 0 Å². The van der Waals surface area contributed by atoms with Crippen molar-refractivity contribution < 1.29 is 19.1 Å². The molecule has 4 rings (SSSR count). The maximum absolute atomic E-state index is 12.5. The molecule has 2 aromatic rings. The van der Waals surface area contributed by atoms with E-state index in [2.05, 4.69) is 0 Å². The first-order valence-corrected chi connectivity index (χ1v) is 7.59. The highest BCUT2D eigenvalue weighted by Crippen LogP contribution is 2.40. The van der Waals surface area contributed by atoms with Crippen LogP contribution in [-0.2, 0) is 0 Å². The highest BCUT2D eigenvalue weighted by molar-refractivity contribution is 5.98. The minimum absolute atomic E-state index is 0.00853. The van der Waals surface area contributed by atoms with Crippen LogP contribution in [0.15, 0.2) is 75.9 Å². The van der Waals surface area contributed by atoms with Gasteiger partial charge in [-0.2, -0.15) is 0 Å². The first-order valence-electron chi connectivity index (χ1n) is 7.59. The normalized spacial score (nSPS) is 10.9. The van der Waals surface area contributed by atoms with E-state index in [1.165, 1.54) is 24.3 Å². The van der Waals surface area contributed by atoms with E-state index < -0.39 is 5.97 Å². The Hall–Kier alpha value is -3.60. The average Bonchev–Trinajstić information content (AvgIpc) is 2.61. The van der Waals surface area contributed by atoms with Gasteiger partial charge in [-0.15, -0.1) is 0 Å². The monoisotopic (exact) mass is 332 g/mol. The van der Waals surface area contributed by atoms with Gasteiger partial charge in [0, 0.05) is 12.1 Å². The third kappa shape index (κ3) is 2.72. The fourth-order valence-corrected chi connectivity index (χ4v) is 2.66. The Labute approximate surface area is 142 Å². The Morgan fingerprint density at radius 3 is 2.56 bits per heavy atom. The van der Waals surface area contributed by atoms with Crippen LogP contribution in [0.3, 0.4) is 0 Å². The predicted octanol–water partition coefficient (Wildman–Crippen LogP) is 3.82. The summed E-state index contributed by atoms with van der Waals surface area (Å²) in [5.74, 6) is 0.0504. The van der Waals surface area contributed by atoms with E-state index in [1.807, 2.05) is 6.07 Å². The summed E-state index contributed by atoms with van der Waals surface area (Å²) in [5, 5.41) is 10.2. The lowest BCUT2D eigenvalue weighted by atomic mass is 10.1. The van der Waals surface area contributed by atoms with Crippen molar-refractivity contribution in [1.82, 2.24) is 0 Å². The van der Waals surface area contributed by atoms with Crippen LogP contribution in [-0.4, -0.2) is 11.1 Å².